The van der Waals surface area contributed by atoms with E-state index in [-0.39, 0.29) is 5.91 Å². The summed E-state index contributed by atoms with van der Waals surface area (Å²) in [4.78, 5) is 23.4. The lowest BCUT2D eigenvalue weighted by Gasteiger charge is -2.23. The van der Waals surface area contributed by atoms with Crippen LogP contribution >= 0.6 is 0 Å². The maximum atomic E-state index is 13.4. The van der Waals surface area contributed by atoms with Gasteiger partial charge in [0.1, 0.15) is 0 Å². The minimum absolute atomic E-state index is 0.165. The van der Waals surface area contributed by atoms with Crippen LogP contribution < -0.4 is 0 Å². The second-order valence-electron chi connectivity index (χ2n) is 6.25. The first-order valence-electron chi connectivity index (χ1n) is 8.84. The van der Waals surface area contributed by atoms with E-state index in [0.717, 1.165) is 16.8 Å². The molecule has 0 saturated carbocycles. The van der Waals surface area contributed by atoms with Crippen molar-refractivity contribution in [1.82, 2.24) is 29.9 Å². The third kappa shape index (κ3) is 3.93. The highest BCUT2D eigenvalue weighted by Crippen LogP contribution is 2.15. The number of carbonyl (C=O) groups excluding carboxylic acids is 1. The molecule has 7 nitrogen and oxygen atoms in total. The fraction of sp³-hybridized carbons (Fsp3) is 0.0952. The molecule has 0 unspecified atom stereocenters. The highest BCUT2D eigenvalue weighted by molar-refractivity contribution is 5.92. The van der Waals surface area contributed by atoms with E-state index in [2.05, 4.69) is 20.3 Å². The standard InChI is InChI=1S/C21H18N6O/c28-21(20-14-24-25-27(20)19-8-2-1-3-9-19)26(15-17-6-4-10-22-12-17)16-18-7-5-11-23-13-18/h1-14H,15-16H2. The van der Waals surface area contributed by atoms with Gasteiger partial charge in [-0.2, -0.15) is 0 Å². The van der Waals surface area contributed by atoms with Crippen molar-refractivity contribution in [3.8, 4) is 5.69 Å². The summed E-state index contributed by atoms with van der Waals surface area (Å²) in [5.41, 5.74) is 3.07. The molecule has 4 aromatic rings. The van der Waals surface area contributed by atoms with Crippen LogP contribution in [0.1, 0.15) is 21.6 Å². The van der Waals surface area contributed by atoms with E-state index in [0.29, 0.717) is 18.8 Å². The molecular weight excluding hydrogens is 352 g/mol. The molecule has 0 atom stereocenters. The molecule has 138 valence electrons. The lowest BCUT2D eigenvalue weighted by molar-refractivity contribution is 0.0720. The van der Waals surface area contributed by atoms with Crippen molar-refractivity contribution in [3.05, 3.63) is 102 Å². The summed E-state index contributed by atoms with van der Waals surface area (Å²) in [6.07, 6.45) is 8.44. The third-order valence-corrected chi connectivity index (χ3v) is 4.25. The Morgan fingerprint density at radius 1 is 0.821 bits per heavy atom. The topological polar surface area (TPSA) is 76.8 Å². The normalized spacial score (nSPS) is 10.6. The highest BCUT2D eigenvalue weighted by atomic mass is 16.2. The molecule has 0 fully saturated rings. The molecule has 1 aromatic carbocycles. The summed E-state index contributed by atoms with van der Waals surface area (Å²) in [6, 6.07) is 17.1. The molecule has 0 bridgehead atoms. The molecule has 0 radical (unpaired) electrons. The Hall–Kier alpha value is -3.87. The molecule has 0 saturated heterocycles. The number of hydrogen-bond donors (Lipinski definition) is 0. The Labute approximate surface area is 162 Å². The number of aromatic nitrogens is 5. The van der Waals surface area contributed by atoms with Gasteiger partial charge in [0.25, 0.3) is 5.91 Å². The highest BCUT2D eigenvalue weighted by Gasteiger charge is 2.22. The predicted molar refractivity (Wildman–Crippen MR) is 103 cm³/mol. The van der Waals surface area contributed by atoms with Crippen molar-refractivity contribution >= 4 is 5.91 Å². The van der Waals surface area contributed by atoms with Crippen LogP contribution in [-0.4, -0.2) is 35.8 Å². The molecule has 0 aliphatic rings. The van der Waals surface area contributed by atoms with Gasteiger partial charge in [-0.15, -0.1) is 5.10 Å². The average Bonchev–Trinajstić information content (AvgIpc) is 3.25. The number of hydrogen-bond acceptors (Lipinski definition) is 5. The van der Waals surface area contributed by atoms with E-state index in [4.69, 9.17) is 0 Å². The predicted octanol–water partition coefficient (Wildman–Crippen LogP) is 2.90. The van der Waals surface area contributed by atoms with Gasteiger partial charge in [-0.1, -0.05) is 35.5 Å². The van der Waals surface area contributed by atoms with Gasteiger partial charge in [0.2, 0.25) is 0 Å². The second-order valence-corrected chi connectivity index (χ2v) is 6.25. The van der Waals surface area contributed by atoms with Crippen LogP contribution in [0.4, 0.5) is 0 Å². The summed E-state index contributed by atoms with van der Waals surface area (Å²) < 4.78 is 1.56. The van der Waals surface area contributed by atoms with Crippen molar-refractivity contribution in [2.24, 2.45) is 0 Å². The number of benzene rings is 1. The Morgan fingerprint density at radius 2 is 1.46 bits per heavy atom. The molecule has 0 aliphatic heterocycles. The summed E-state index contributed by atoms with van der Waals surface area (Å²) in [6.45, 7) is 0.836. The van der Waals surface area contributed by atoms with E-state index < -0.39 is 0 Å². The van der Waals surface area contributed by atoms with E-state index in [1.807, 2.05) is 54.6 Å². The van der Waals surface area contributed by atoms with Gasteiger partial charge in [-0.25, -0.2) is 4.68 Å². The molecule has 0 N–H and O–H groups in total. The zero-order chi connectivity index (χ0) is 19.2. The smallest absolute Gasteiger partial charge is 0.274 e. The number of carbonyl (C=O) groups is 1. The Bertz CT molecular complexity index is 993. The zero-order valence-electron chi connectivity index (χ0n) is 15.1. The first kappa shape index (κ1) is 17.5. The van der Waals surface area contributed by atoms with Crippen LogP contribution in [-0.2, 0) is 13.1 Å². The van der Waals surface area contributed by atoms with Crippen molar-refractivity contribution in [2.75, 3.05) is 0 Å². The molecule has 0 spiro atoms. The molecule has 4 rings (SSSR count). The van der Waals surface area contributed by atoms with Gasteiger partial charge in [-0.3, -0.25) is 14.8 Å². The molecule has 28 heavy (non-hydrogen) atoms. The first-order chi connectivity index (χ1) is 13.8. The molecule has 1 amide bonds. The lowest BCUT2D eigenvalue weighted by Crippen LogP contribution is -2.31. The molecule has 0 aliphatic carbocycles. The Balaban J connectivity index is 1.66. The fourth-order valence-electron chi connectivity index (χ4n) is 2.93. The van der Waals surface area contributed by atoms with E-state index in [1.54, 1.807) is 34.4 Å². The van der Waals surface area contributed by atoms with Crippen LogP contribution in [0.3, 0.4) is 0 Å². The number of para-hydroxylation sites is 1. The van der Waals surface area contributed by atoms with Gasteiger partial charge in [0.05, 0.1) is 11.9 Å². The van der Waals surface area contributed by atoms with Crippen molar-refractivity contribution < 1.29 is 4.79 Å². The zero-order valence-corrected chi connectivity index (χ0v) is 15.1. The van der Waals surface area contributed by atoms with Crippen LogP contribution in [0, 0.1) is 0 Å². The summed E-state index contributed by atoms with van der Waals surface area (Å²) in [5.74, 6) is -0.165. The SMILES string of the molecule is O=C(c1cnnn1-c1ccccc1)N(Cc1cccnc1)Cc1cccnc1. The van der Waals surface area contributed by atoms with Gasteiger partial charge in [0, 0.05) is 37.9 Å². The minimum Gasteiger partial charge on any atom is -0.328 e. The van der Waals surface area contributed by atoms with Crippen molar-refractivity contribution in [3.63, 3.8) is 0 Å². The Morgan fingerprint density at radius 3 is 2.04 bits per heavy atom. The van der Waals surface area contributed by atoms with E-state index in [9.17, 15) is 4.79 Å². The first-order valence-corrected chi connectivity index (χ1v) is 8.84. The largest absolute Gasteiger partial charge is 0.328 e. The third-order valence-electron chi connectivity index (χ3n) is 4.25. The van der Waals surface area contributed by atoms with Gasteiger partial charge >= 0.3 is 0 Å². The van der Waals surface area contributed by atoms with Gasteiger partial charge in [0.15, 0.2) is 5.69 Å². The maximum absolute atomic E-state index is 13.4. The molecule has 3 aromatic heterocycles. The van der Waals surface area contributed by atoms with E-state index >= 15 is 0 Å². The van der Waals surface area contributed by atoms with Crippen LogP contribution in [0.5, 0.6) is 0 Å². The second kappa shape index (κ2) is 8.22. The summed E-state index contributed by atoms with van der Waals surface area (Å²) in [5, 5.41) is 8.06. The fourth-order valence-corrected chi connectivity index (χ4v) is 2.93. The van der Waals surface area contributed by atoms with Gasteiger partial charge < -0.3 is 4.90 Å². The monoisotopic (exact) mass is 370 g/mol. The minimum atomic E-state index is -0.165. The number of pyridine rings is 2. The van der Waals surface area contributed by atoms with Crippen LogP contribution in [0.2, 0.25) is 0 Å². The van der Waals surface area contributed by atoms with Crippen molar-refractivity contribution in [1.29, 1.82) is 0 Å². The van der Waals surface area contributed by atoms with Gasteiger partial charge in [-0.05, 0) is 35.4 Å². The van der Waals surface area contributed by atoms with Crippen LogP contribution in [0.15, 0.2) is 85.6 Å². The van der Waals surface area contributed by atoms with Crippen molar-refractivity contribution in [2.45, 2.75) is 13.1 Å². The maximum Gasteiger partial charge on any atom is 0.274 e. The number of amides is 1. The molecule has 3 heterocycles. The average molecular weight is 370 g/mol. The number of nitrogens with zero attached hydrogens (tertiary/aromatic N) is 6. The molecular formula is C21H18N6O. The van der Waals surface area contributed by atoms with E-state index in [1.165, 1.54) is 6.20 Å². The Kier molecular flexibility index (Phi) is 5.15. The van der Waals surface area contributed by atoms with Crippen LogP contribution in [0.25, 0.3) is 5.69 Å². The lowest BCUT2D eigenvalue weighted by atomic mass is 10.2. The quantitative estimate of drug-likeness (QED) is 0.522. The summed E-state index contributed by atoms with van der Waals surface area (Å²) in [7, 11) is 0. The molecule has 7 heteroatoms. The summed E-state index contributed by atoms with van der Waals surface area (Å²) >= 11 is 0. The number of rotatable bonds is 6.